The second-order valence-corrected chi connectivity index (χ2v) is 10.3. The van der Waals surface area contributed by atoms with E-state index in [0.717, 1.165) is 25.7 Å². The third kappa shape index (κ3) is 2.38. The molecule has 0 bridgehead atoms. The molecule has 4 rings (SSSR count). The minimum absolute atomic E-state index is 0.0398. The van der Waals surface area contributed by atoms with Crippen LogP contribution in [0.25, 0.3) is 0 Å². The van der Waals surface area contributed by atoms with Gasteiger partial charge in [0.05, 0.1) is 5.60 Å². The zero-order valence-electron chi connectivity index (χ0n) is 17.6. The van der Waals surface area contributed by atoms with E-state index in [1.54, 1.807) is 6.92 Å². The van der Waals surface area contributed by atoms with Crippen LogP contribution in [0.15, 0.2) is 11.6 Å². The van der Waals surface area contributed by atoms with Crippen LogP contribution in [-0.2, 0) is 14.3 Å². The quantitative estimate of drug-likeness (QED) is 0.558. The van der Waals surface area contributed by atoms with Gasteiger partial charge in [0.1, 0.15) is 17.5 Å². The molecule has 0 spiro atoms. The highest BCUT2D eigenvalue weighted by atomic mass is 16.5. The van der Waals surface area contributed by atoms with Gasteiger partial charge in [-0.25, -0.2) is 0 Å². The largest absolute Gasteiger partial charge is 0.462 e. The lowest BCUT2D eigenvalue weighted by atomic mass is 9.43. The van der Waals surface area contributed by atoms with Gasteiger partial charge >= 0.3 is 5.97 Å². The molecule has 7 unspecified atom stereocenters. The molecule has 0 aromatic heterocycles. The second kappa shape index (κ2) is 6.15. The number of Topliss-reactive ketones (excluding diaryl/α,β-unsaturated/α-hetero) is 1. The lowest BCUT2D eigenvalue weighted by Gasteiger charge is -2.65. The van der Waals surface area contributed by atoms with E-state index >= 15 is 0 Å². The van der Waals surface area contributed by atoms with Crippen LogP contribution in [0.5, 0.6) is 0 Å². The van der Waals surface area contributed by atoms with E-state index in [1.165, 1.54) is 12.5 Å². The predicted octanol–water partition coefficient (Wildman–Crippen LogP) is 3.32. The number of esters is 1. The summed E-state index contributed by atoms with van der Waals surface area (Å²) in [6, 6.07) is 0. The third-order valence-corrected chi connectivity index (χ3v) is 9.17. The first kappa shape index (κ1) is 20.1. The molecule has 5 heteroatoms. The zero-order chi connectivity index (χ0) is 20.5. The summed E-state index contributed by atoms with van der Waals surface area (Å²) in [6.45, 7) is 7.29. The fourth-order valence-corrected chi connectivity index (χ4v) is 7.65. The maximum absolute atomic E-state index is 12.3. The van der Waals surface area contributed by atoms with Gasteiger partial charge in [0.25, 0.3) is 0 Å². The first-order valence-corrected chi connectivity index (χ1v) is 10.8. The highest BCUT2D eigenvalue weighted by Crippen LogP contribution is 2.69. The van der Waals surface area contributed by atoms with Crippen LogP contribution in [0, 0.1) is 22.7 Å². The van der Waals surface area contributed by atoms with Gasteiger partial charge < -0.3 is 14.9 Å². The third-order valence-electron chi connectivity index (χ3n) is 9.17. The highest BCUT2D eigenvalue weighted by Gasteiger charge is 2.73. The average Bonchev–Trinajstić information content (AvgIpc) is 2.88. The summed E-state index contributed by atoms with van der Waals surface area (Å²) in [7, 11) is 0. The van der Waals surface area contributed by atoms with Crippen molar-refractivity contribution < 1.29 is 24.5 Å². The van der Waals surface area contributed by atoms with Gasteiger partial charge in [0, 0.05) is 24.7 Å². The van der Waals surface area contributed by atoms with E-state index in [1.807, 2.05) is 6.92 Å². The van der Waals surface area contributed by atoms with Crippen LogP contribution < -0.4 is 0 Å². The number of ether oxygens (including phenoxy) is 1. The molecule has 0 heterocycles. The van der Waals surface area contributed by atoms with Crippen LogP contribution in [0.3, 0.4) is 0 Å². The van der Waals surface area contributed by atoms with Gasteiger partial charge in [-0.1, -0.05) is 25.5 Å². The molecule has 3 saturated carbocycles. The van der Waals surface area contributed by atoms with Crippen molar-refractivity contribution in [1.82, 2.24) is 0 Å². The van der Waals surface area contributed by atoms with Crippen molar-refractivity contribution >= 4 is 11.8 Å². The van der Waals surface area contributed by atoms with Gasteiger partial charge in [-0.3, -0.25) is 9.59 Å². The van der Waals surface area contributed by atoms with E-state index in [9.17, 15) is 19.8 Å². The van der Waals surface area contributed by atoms with Gasteiger partial charge in [0.2, 0.25) is 0 Å². The van der Waals surface area contributed by atoms with E-state index in [2.05, 4.69) is 13.0 Å². The summed E-state index contributed by atoms with van der Waals surface area (Å²) in [5.41, 5.74) is -1.96. The predicted molar refractivity (Wildman–Crippen MR) is 104 cm³/mol. The van der Waals surface area contributed by atoms with Crippen molar-refractivity contribution in [2.45, 2.75) is 96.4 Å². The second-order valence-electron chi connectivity index (χ2n) is 10.3. The number of hydrogen-bond acceptors (Lipinski definition) is 5. The molecule has 0 amide bonds. The molecular weight excluding hydrogens is 356 g/mol. The molecule has 0 aromatic rings. The Morgan fingerprint density at radius 2 is 1.79 bits per heavy atom. The Morgan fingerprint density at radius 1 is 1.07 bits per heavy atom. The lowest BCUT2D eigenvalue weighted by Crippen LogP contribution is -2.71. The summed E-state index contributed by atoms with van der Waals surface area (Å²) in [4.78, 5) is 23.7. The Balaban J connectivity index is 1.70. The number of carbonyl (C=O) groups excluding carboxylic acids is 2. The Morgan fingerprint density at radius 3 is 2.43 bits per heavy atom. The van der Waals surface area contributed by atoms with Crippen molar-refractivity contribution in [2.24, 2.45) is 22.7 Å². The molecule has 5 nitrogen and oxygen atoms in total. The lowest BCUT2D eigenvalue weighted by molar-refractivity contribution is -0.271. The molecule has 156 valence electrons. The minimum atomic E-state index is -1.24. The fraction of sp³-hybridized carbons (Fsp3) is 0.826. The number of aliphatic hydroxyl groups is 2. The number of hydrogen-bond donors (Lipinski definition) is 2. The molecule has 0 radical (unpaired) electrons. The number of fused-ring (bicyclic) bond motifs is 5. The average molecular weight is 391 g/mol. The molecule has 0 saturated heterocycles. The van der Waals surface area contributed by atoms with Crippen molar-refractivity contribution in [3.8, 4) is 0 Å². The zero-order valence-corrected chi connectivity index (χ0v) is 17.6. The smallest absolute Gasteiger partial charge is 0.302 e. The molecule has 4 aliphatic rings. The van der Waals surface area contributed by atoms with Crippen LogP contribution in [0.2, 0.25) is 0 Å². The van der Waals surface area contributed by atoms with E-state index in [-0.39, 0.29) is 35.1 Å². The molecule has 4 aliphatic carbocycles. The fourth-order valence-electron chi connectivity index (χ4n) is 7.65. The van der Waals surface area contributed by atoms with Crippen LogP contribution in [0.1, 0.15) is 79.1 Å². The van der Waals surface area contributed by atoms with E-state index in [0.29, 0.717) is 25.7 Å². The highest BCUT2D eigenvalue weighted by molar-refractivity contribution is 5.80. The molecule has 0 aliphatic heterocycles. The van der Waals surface area contributed by atoms with Crippen molar-refractivity contribution in [2.75, 3.05) is 0 Å². The Hall–Kier alpha value is -1.20. The SMILES string of the molecule is CC(=O)OC1CCC2(C)C(=CCC3(O)C2CCC2(C)C(C(C)=O)CCC23O)C1. The van der Waals surface area contributed by atoms with Crippen molar-refractivity contribution in [3.63, 3.8) is 0 Å². The van der Waals surface area contributed by atoms with E-state index < -0.39 is 16.6 Å². The summed E-state index contributed by atoms with van der Waals surface area (Å²) in [5.74, 6) is -0.339. The number of carbonyl (C=O) groups is 2. The van der Waals surface area contributed by atoms with Gasteiger partial charge in [-0.05, 0) is 63.2 Å². The number of ketones is 1. The first-order chi connectivity index (χ1) is 13.0. The molecule has 7 atom stereocenters. The summed E-state index contributed by atoms with van der Waals surface area (Å²) in [6.07, 6.45) is 7.46. The monoisotopic (exact) mass is 390 g/mol. The summed E-state index contributed by atoms with van der Waals surface area (Å²) in [5, 5.41) is 23.9. The molecule has 3 fully saturated rings. The Kier molecular flexibility index (Phi) is 4.41. The molecule has 2 N–H and O–H groups in total. The maximum atomic E-state index is 12.3. The van der Waals surface area contributed by atoms with Gasteiger partial charge in [-0.15, -0.1) is 0 Å². The van der Waals surface area contributed by atoms with Crippen LogP contribution in [0.4, 0.5) is 0 Å². The van der Waals surface area contributed by atoms with Crippen LogP contribution in [-0.4, -0.2) is 39.3 Å². The minimum Gasteiger partial charge on any atom is -0.462 e. The van der Waals surface area contributed by atoms with E-state index in [4.69, 9.17) is 4.74 Å². The Labute approximate surface area is 167 Å². The summed E-state index contributed by atoms with van der Waals surface area (Å²) >= 11 is 0. The summed E-state index contributed by atoms with van der Waals surface area (Å²) < 4.78 is 5.46. The van der Waals surface area contributed by atoms with Gasteiger partial charge in [0.15, 0.2) is 0 Å². The Bertz CT molecular complexity index is 743. The topological polar surface area (TPSA) is 83.8 Å². The first-order valence-electron chi connectivity index (χ1n) is 10.8. The van der Waals surface area contributed by atoms with Gasteiger partial charge in [-0.2, -0.15) is 0 Å². The molecular formula is C23H34O5. The normalized spacial score (nSPS) is 50.1. The molecule has 0 aromatic carbocycles. The maximum Gasteiger partial charge on any atom is 0.302 e. The van der Waals surface area contributed by atoms with Crippen LogP contribution >= 0.6 is 0 Å². The number of rotatable bonds is 2. The van der Waals surface area contributed by atoms with Crippen molar-refractivity contribution in [1.29, 1.82) is 0 Å². The standard InChI is InChI=1S/C23H34O5/c1-14(24)18-7-12-23(27)21(18,4)10-8-19-20(3)9-6-17(28-15(2)25)13-16(20)5-11-22(19,23)26/h5,17-19,26-27H,6-13H2,1-4H3. The molecule has 28 heavy (non-hydrogen) atoms. The van der Waals surface area contributed by atoms with Crippen molar-refractivity contribution in [3.05, 3.63) is 11.6 Å².